The van der Waals surface area contributed by atoms with Crippen LogP contribution in [0, 0.1) is 12.8 Å². The number of primary amides is 1. The predicted molar refractivity (Wildman–Crippen MR) is 102 cm³/mol. The van der Waals surface area contributed by atoms with Crippen LogP contribution in [0.4, 0.5) is 0 Å². The average Bonchev–Trinajstić information content (AvgIpc) is 3.26. The molecule has 0 bridgehead atoms. The topological polar surface area (TPSA) is 107 Å². The molecule has 2 aromatic heterocycles. The molecule has 3 heterocycles. The number of likely N-dealkylation sites (tertiary alicyclic amines) is 1. The second-order valence-corrected chi connectivity index (χ2v) is 7.41. The third-order valence-electron chi connectivity index (χ3n) is 4.63. The molecule has 3 rings (SSSR count). The Labute approximate surface area is 161 Å². The lowest BCUT2D eigenvalue weighted by Crippen LogP contribution is -2.44. The Bertz CT molecular complexity index is 844. The first kappa shape index (κ1) is 19.2. The van der Waals surface area contributed by atoms with E-state index >= 15 is 0 Å². The summed E-state index contributed by atoms with van der Waals surface area (Å²) in [5, 5.41) is 9.14. The van der Waals surface area contributed by atoms with Gasteiger partial charge >= 0.3 is 0 Å². The Kier molecular flexibility index (Phi) is 6.00. The van der Waals surface area contributed by atoms with Crippen molar-refractivity contribution < 1.29 is 14.0 Å². The zero-order chi connectivity index (χ0) is 19.4. The fraction of sp³-hybridized carbons (Fsp3) is 0.444. The number of allylic oxidation sites excluding steroid dienone is 1. The molecule has 0 aliphatic carbocycles. The molecule has 0 aromatic carbocycles. The fourth-order valence-electron chi connectivity index (χ4n) is 3.16. The lowest BCUT2D eigenvalue weighted by atomic mass is 9.97. The standard InChI is InChI=1S/C18H23N5O3S/c1-3-7-23-17(14-6-9-26-12(14)2)20-21-18(23)27-11-15(24)22-8-4-5-13(10-22)16(19)25/h3,6,9,13H,1,4-5,7-8,10-11H2,2H3,(H2,19,25). The summed E-state index contributed by atoms with van der Waals surface area (Å²) in [6, 6.07) is 1.84. The summed E-state index contributed by atoms with van der Waals surface area (Å²) in [5.41, 5.74) is 6.25. The number of thioether (sulfide) groups is 1. The monoisotopic (exact) mass is 389 g/mol. The van der Waals surface area contributed by atoms with Gasteiger partial charge in [0.05, 0.1) is 23.5 Å². The van der Waals surface area contributed by atoms with Gasteiger partial charge in [-0.15, -0.1) is 16.8 Å². The number of rotatable bonds is 7. The van der Waals surface area contributed by atoms with Gasteiger partial charge in [0.1, 0.15) is 5.76 Å². The number of carbonyl (C=O) groups is 2. The van der Waals surface area contributed by atoms with E-state index in [9.17, 15) is 9.59 Å². The van der Waals surface area contributed by atoms with Crippen molar-refractivity contribution in [2.24, 2.45) is 11.7 Å². The van der Waals surface area contributed by atoms with Crippen molar-refractivity contribution in [1.82, 2.24) is 19.7 Å². The van der Waals surface area contributed by atoms with Crippen molar-refractivity contribution in [1.29, 1.82) is 0 Å². The molecule has 0 spiro atoms. The molecule has 9 heteroatoms. The second kappa shape index (κ2) is 8.43. The van der Waals surface area contributed by atoms with E-state index in [1.54, 1.807) is 17.2 Å². The first-order valence-corrected chi connectivity index (χ1v) is 9.78. The molecular weight excluding hydrogens is 366 g/mol. The summed E-state index contributed by atoms with van der Waals surface area (Å²) < 4.78 is 7.26. The van der Waals surface area contributed by atoms with Gasteiger partial charge in [-0.05, 0) is 25.8 Å². The van der Waals surface area contributed by atoms with E-state index in [4.69, 9.17) is 10.2 Å². The van der Waals surface area contributed by atoms with Crippen LogP contribution < -0.4 is 5.73 Å². The largest absolute Gasteiger partial charge is 0.469 e. The highest BCUT2D eigenvalue weighted by Crippen LogP contribution is 2.27. The maximum atomic E-state index is 12.6. The number of hydrogen-bond acceptors (Lipinski definition) is 6. The smallest absolute Gasteiger partial charge is 0.233 e. The van der Waals surface area contributed by atoms with Gasteiger partial charge in [0.2, 0.25) is 11.8 Å². The van der Waals surface area contributed by atoms with E-state index in [2.05, 4.69) is 16.8 Å². The first-order valence-electron chi connectivity index (χ1n) is 8.79. The zero-order valence-electron chi connectivity index (χ0n) is 15.3. The summed E-state index contributed by atoms with van der Waals surface area (Å²) in [5.74, 6) is 1.04. The molecule has 27 heavy (non-hydrogen) atoms. The quantitative estimate of drug-likeness (QED) is 0.572. The van der Waals surface area contributed by atoms with E-state index in [0.29, 0.717) is 30.6 Å². The Balaban J connectivity index is 1.70. The molecule has 1 fully saturated rings. The second-order valence-electron chi connectivity index (χ2n) is 6.47. The van der Waals surface area contributed by atoms with Gasteiger partial charge in [0.25, 0.3) is 0 Å². The highest BCUT2D eigenvalue weighted by Gasteiger charge is 2.27. The molecular formula is C18H23N5O3S. The first-order chi connectivity index (χ1) is 13.0. The van der Waals surface area contributed by atoms with Crippen LogP contribution in [-0.4, -0.2) is 50.3 Å². The molecule has 144 valence electrons. The van der Waals surface area contributed by atoms with Gasteiger partial charge < -0.3 is 15.1 Å². The van der Waals surface area contributed by atoms with Crippen molar-refractivity contribution >= 4 is 23.6 Å². The summed E-state index contributed by atoms with van der Waals surface area (Å²) in [6.45, 7) is 7.23. The van der Waals surface area contributed by atoms with Gasteiger partial charge in [-0.3, -0.25) is 14.2 Å². The van der Waals surface area contributed by atoms with Crippen LogP contribution in [0.15, 0.2) is 34.6 Å². The number of hydrogen-bond donors (Lipinski definition) is 1. The Morgan fingerprint density at radius 3 is 2.96 bits per heavy atom. The predicted octanol–water partition coefficient (Wildman–Crippen LogP) is 1.85. The molecule has 8 nitrogen and oxygen atoms in total. The van der Waals surface area contributed by atoms with Crippen molar-refractivity contribution in [2.45, 2.75) is 31.5 Å². The number of carbonyl (C=O) groups excluding carboxylic acids is 2. The number of nitrogens with two attached hydrogens (primary N) is 1. The molecule has 0 saturated carbocycles. The zero-order valence-corrected chi connectivity index (χ0v) is 16.1. The Morgan fingerprint density at radius 1 is 1.48 bits per heavy atom. The number of piperidine rings is 1. The van der Waals surface area contributed by atoms with Gasteiger partial charge in [-0.2, -0.15) is 0 Å². The maximum Gasteiger partial charge on any atom is 0.233 e. The number of furan rings is 1. The highest BCUT2D eigenvalue weighted by atomic mass is 32.2. The van der Waals surface area contributed by atoms with E-state index < -0.39 is 0 Å². The van der Waals surface area contributed by atoms with Crippen molar-refractivity contribution in [3.8, 4) is 11.4 Å². The highest BCUT2D eigenvalue weighted by molar-refractivity contribution is 7.99. The molecule has 2 amide bonds. The molecule has 1 unspecified atom stereocenters. The molecule has 2 aromatic rings. The van der Waals surface area contributed by atoms with Crippen LogP contribution >= 0.6 is 11.8 Å². The van der Waals surface area contributed by atoms with Gasteiger partial charge in [0.15, 0.2) is 11.0 Å². The lowest BCUT2D eigenvalue weighted by Gasteiger charge is -2.31. The van der Waals surface area contributed by atoms with Gasteiger partial charge in [-0.25, -0.2) is 0 Å². The number of aromatic nitrogens is 3. The van der Waals surface area contributed by atoms with Gasteiger partial charge in [0, 0.05) is 19.6 Å². The number of amides is 2. The van der Waals surface area contributed by atoms with Crippen LogP contribution in [0.2, 0.25) is 0 Å². The minimum atomic E-state index is -0.342. The van der Waals surface area contributed by atoms with Crippen LogP contribution in [0.5, 0.6) is 0 Å². The SMILES string of the molecule is C=CCn1c(SCC(=O)N2CCCC(C(N)=O)C2)nnc1-c1ccoc1C. The van der Waals surface area contributed by atoms with E-state index in [1.807, 2.05) is 17.6 Å². The molecule has 1 aliphatic rings. The molecule has 0 radical (unpaired) electrons. The molecule has 1 saturated heterocycles. The summed E-state index contributed by atoms with van der Waals surface area (Å²) in [4.78, 5) is 25.7. The van der Waals surface area contributed by atoms with Crippen LogP contribution in [0.1, 0.15) is 18.6 Å². The third-order valence-corrected chi connectivity index (χ3v) is 5.58. The van der Waals surface area contributed by atoms with E-state index in [0.717, 1.165) is 24.2 Å². The number of aryl methyl sites for hydroxylation is 1. The van der Waals surface area contributed by atoms with Crippen LogP contribution in [0.25, 0.3) is 11.4 Å². The van der Waals surface area contributed by atoms with Crippen molar-refractivity contribution in [3.05, 3.63) is 30.7 Å². The minimum Gasteiger partial charge on any atom is -0.469 e. The molecule has 1 aliphatic heterocycles. The fourth-order valence-corrected chi connectivity index (χ4v) is 4.01. The van der Waals surface area contributed by atoms with Crippen LogP contribution in [-0.2, 0) is 16.1 Å². The Morgan fingerprint density at radius 2 is 2.30 bits per heavy atom. The van der Waals surface area contributed by atoms with Crippen LogP contribution in [0.3, 0.4) is 0 Å². The minimum absolute atomic E-state index is 0.0276. The van der Waals surface area contributed by atoms with Gasteiger partial charge in [-0.1, -0.05) is 17.8 Å². The molecule has 1 atom stereocenters. The molecule has 2 N–H and O–H groups in total. The maximum absolute atomic E-state index is 12.6. The lowest BCUT2D eigenvalue weighted by molar-refractivity contribution is -0.132. The normalized spacial score (nSPS) is 17.1. The summed E-state index contributed by atoms with van der Waals surface area (Å²) in [7, 11) is 0. The Hall–Kier alpha value is -2.55. The van der Waals surface area contributed by atoms with Crippen molar-refractivity contribution in [2.75, 3.05) is 18.8 Å². The van der Waals surface area contributed by atoms with E-state index in [1.165, 1.54) is 11.8 Å². The van der Waals surface area contributed by atoms with E-state index in [-0.39, 0.29) is 23.5 Å². The summed E-state index contributed by atoms with van der Waals surface area (Å²) >= 11 is 1.33. The van der Waals surface area contributed by atoms with Crippen molar-refractivity contribution in [3.63, 3.8) is 0 Å². The third kappa shape index (κ3) is 4.24. The average molecular weight is 389 g/mol. The number of nitrogens with zero attached hydrogens (tertiary/aromatic N) is 4. The summed E-state index contributed by atoms with van der Waals surface area (Å²) in [6.07, 6.45) is 4.91.